The van der Waals surface area contributed by atoms with Crippen molar-refractivity contribution >= 4 is 16.5 Å². The molecule has 0 bridgehead atoms. The second-order valence-corrected chi connectivity index (χ2v) is 7.34. The summed E-state index contributed by atoms with van der Waals surface area (Å²) in [5.74, 6) is 0.428. The number of nitrogens with zero attached hydrogens (tertiary/aromatic N) is 6. The molecule has 1 saturated heterocycles. The van der Waals surface area contributed by atoms with Crippen LogP contribution in [0.5, 0.6) is 0 Å². The lowest BCUT2D eigenvalue weighted by Crippen LogP contribution is -2.35. The molecule has 0 spiro atoms. The van der Waals surface area contributed by atoms with Crippen LogP contribution in [0.2, 0.25) is 0 Å². The minimum Gasteiger partial charge on any atom is -0.347 e. The Balaban J connectivity index is 1.34. The molecule has 130 valence electrons. The zero-order valence-electron chi connectivity index (χ0n) is 13.8. The van der Waals surface area contributed by atoms with E-state index in [-0.39, 0.29) is 5.82 Å². The van der Waals surface area contributed by atoms with Gasteiger partial charge in [-0.25, -0.2) is 4.39 Å². The molecule has 1 aliphatic heterocycles. The normalized spacial score (nSPS) is 15.6. The standard InChI is InChI=1S/C17H19FN6S/c18-15-4-2-1-3-14(15)11-16-20-21-17(25-16)23-8-5-13(6-9-23)12-24-10-7-19-22-24/h1-4,7,10,13H,5-6,8-9,11-12H2. The Morgan fingerprint density at radius 2 is 2.00 bits per heavy atom. The Kier molecular flexibility index (Phi) is 4.69. The van der Waals surface area contributed by atoms with Crippen molar-refractivity contribution in [2.75, 3.05) is 18.0 Å². The first kappa shape index (κ1) is 16.1. The quantitative estimate of drug-likeness (QED) is 0.702. The Bertz CT molecular complexity index is 810. The van der Waals surface area contributed by atoms with Crippen molar-refractivity contribution in [1.82, 2.24) is 25.2 Å². The van der Waals surface area contributed by atoms with Crippen molar-refractivity contribution in [3.05, 3.63) is 53.0 Å². The predicted molar refractivity (Wildman–Crippen MR) is 94.1 cm³/mol. The van der Waals surface area contributed by atoms with Crippen molar-refractivity contribution in [3.8, 4) is 0 Å². The molecule has 0 N–H and O–H groups in total. The van der Waals surface area contributed by atoms with E-state index >= 15 is 0 Å². The van der Waals surface area contributed by atoms with Gasteiger partial charge in [0.25, 0.3) is 0 Å². The highest BCUT2D eigenvalue weighted by molar-refractivity contribution is 7.15. The summed E-state index contributed by atoms with van der Waals surface area (Å²) < 4.78 is 15.7. The monoisotopic (exact) mass is 358 g/mol. The fraction of sp³-hybridized carbons (Fsp3) is 0.412. The van der Waals surface area contributed by atoms with Crippen molar-refractivity contribution < 1.29 is 4.39 Å². The van der Waals surface area contributed by atoms with Crippen LogP contribution in [0.1, 0.15) is 23.4 Å². The number of rotatable bonds is 5. The minimum absolute atomic E-state index is 0.187. The topological polar surface area (TPSA) is 59.7 Å². The van der Waals surface area contributed by atoms with Crippen LogP contribution in [-0.4, -0.2) is 38.3 Å². The van der Waals surface area contributed by atoms with Crippen LogP contribution < -0.4 is 4.90 Å². The largest absolute Gasteiger partial charge is 0.347 e. The molecule has 0 radical (unpaired) electrons. The summed E-state index contributed by atoms with van der Waals surface area (Å²) in [6.45, 7) is 2.85. The smallest absolute Gasteiger partial charge is 0.208 e. The van der Waals surface area contributed by atoms with Crippen LogP contribution in [0.25, 0.3) is 0 Å². The zero-order chi connectivity index (χ0) is 17.1. The van der Waals surface area contributed by atoms with E-state index < -0.39 is 0 Å². The van der Waals surface area contributed by atoms with E-state index in [1.54, 1.807) is 29.7 Å². The molecule has 0 unspecified atom stereocenters. The lowest BCUT2D eigenvalue weighted by atomic mass is 9.97. The molecule has 2 aromatic heterocycles. The van der Waals surface area contributed by atoms with Crippen LogP contribution >= 0.6 is 11.3 Å². The minimum atomic E-state index is -0.187. The number of benzene rings is 1. The van der Waals surface area contributed by atoms with Gasteiger partial charge in [-0.3, -0.25) is 4.68 Å². The van der Waals surface area contributed by atoms with Gasteiger partial charge in [0, 0.05) is 32.3 Å². The molecule has 4 rings (SSSR count). The predicted octanol–water partition coefficient (Wildman–Crippen LogP) is 2.78. The van der Waals surface area contributed by atoms with Gasteiger partial charge in [0.05, 0.1) is 6.20 Å². The van der Waals surface area contributed by atoms with E-state index in [0.29, 0.717) is 17.9 Å². The van der Waals surface area contributed by atoms with Gasteiger partial charge < -0.3 is 4.90 Å². The first-order chi connectivity index (χ1) is 12.3. The number of anilines is 1. The molecule has 6 nitrogen and oxygen atoms in total. The molecule has 1 aromatic carbocycles. The van der Waals surface area contributed by atoms with E-state index in [1.165, 1.54) is 6.07 Å². The molecule has 25 heavy (non-hydrogen) atoms. The number of halogens is 1. The van der Waals surface area contributed by atoms with Crippen LogP contribution in [0.4, 0.5) is 9.52 Å². The van der Waals surface area contributed by atoms with Gasteiger partial charge in [0.2, 0.25) is 5.13 Å². The first-order valence-corrected chi connectivity index (χ1v) is 9.24. The van der Waals surface area contributed by atoms with Gasteiger partial charge in [-0.1, -0.05) is 34.7 Å². The molecule has 1 aliphatic rings. The maximum absolute atomic E-state index is 13.8. The third kappa shape index (κ3) is 3.84. The van der Waals surface area contributed by atoms with E-state index in [4.69, 9.17) is 0 Å². The van der Waals surface area contributed by atoms with Gasteiger partial charge >= 0.3 is 0 Å². The summed E-state index contributed by atoms with van der Waals surface area (Å²) in [4.78, 5) is 2.28. The van der Waals surface area contributed by atoms with Crippen LogP contribution in [-0.2, 0) is 13.0 Å². The molecule has 0 saturated carbocycles. The second-order valence-electron chi connectivity index (χ2n) is 6.30. The van der Waals surface area contributed by atoms with Crippen molar-refractivity contribution in [3.63, 3.8) is 0 Å². The number of hydrogen-bond acceptors (Lipinski definition) is 6. The first-order valence-electron chi connectivity index (χ1n) is 8.43. The summed E-state index contributed by atoms with van der Waals surface area (Å²) in [5.41, 5.74) is 0.664. The van der Waals surface area contributed by atoms with Crippen molar-refractivity contribution in [1.29, 1.82) is 0 Å². The van der Waals surface area contributed by atoms with E-state index in [9.17, 15) is 4.39 Å². The third-order valence-electron chi connectivity index (χ3n) is 4.56. The molecule has 1 fully saturated rings. The fourth-order valence-corrected chi connectivity index (χ4v) is 4.06. The molecular weight excluding hydrogens is 339 g/mol. The number of piperidine rings is 1. The summed E-state index contributed by atoms with van der Waals surface area (Å²) in [6.07, 6.45) is 6.32. The Labute approximate surface area is 149 Å². The zero-order valence-corrected chi connectivity index (χ0v) is 14.6. The molecular formula is C17H19FN6S. The molecule has 0 amide bonds. The van der Waals surface area contributed by atoms with Gasteiger partial charge in [0.1, 0.15) is 10.8 Å². The lowest BCUT2D eigenvalue weighted by Gasteiger charge is -2.31. The maximum atomic E-state index is 13.8. The van der Waals surface area contributed by atoms with Crippen LogP contribution in [0.15, 0.2) is 36.7 Å². The van der Waals surface area contributed by atoms with Gasteiger partial charge in [-0.05, 0) is 30.4 Å². The van der Waals surface area contributed by atoms with E-state index in [1.807, 2.05) is 16.9 Å². The highest BCUT2D eigenvalue weighted by Gasteiger charge is 2.22. The van der Waals surface area contributed by atoms with E-state index in [0.717, 1.165) is 42.6 Å². The van der Waals surface area contributed by atoms with Crippen molar-refractivity contribution in [2.24, 2.45) is 5.92 Å². The summed E-state index contributed by atoms with van der Waals surface area (Å²) in [7, 11) is 0. The highest BCUT2D eigenvalue weighted by Crippen LogP contribution is 2.28. The molecule has 0 aliphatic carbocycles. The van der Waals surface area contributed by atoms with Crippen LogP contribution in [0, 0.1) is 11.7 Å². The fourth-order valence-electron chi connectivity index (χ4n) is 3.15. The average Bonchev–Trinajstić information content (AvgIpc) is 3.30. The lowest BCUT2D eigenvalue weighted by molar-refractivity contribution is 0.338. The Hall–Kier alpha value is -2.35. The highest BCUT2D eigenvalue weighted by atomic mass is 32.1. The summed E-state index contributed by atoms with van der Waals surface area (Å²) in [5, 5.41) is 18.2. The summed E-state index contributed by atoms with van der Waals surface area (Å²) >= 11 is 1.56. The van der Waals surface area contributed by atoms with Crippen LogP contribution in [0.3, 0.4) is 0 Å². The molecule has 0 atom stereocenters. The van der Waals surface area contributed by atoms with E-state index in [2.05, 4.69) is 25.4 Å². The number of aromatic nitrogens is 5. The molecule has 3 heterocycles. The van der Waals surface area contributed by atoms with Gasteiger partial charge in [-0.15, -0.1) is 15.3 Å². The average molecular weight is 358 g/mol. The second kappa shape index (κ2) is 7.26. The molecule has 8 heteroatoms. The van der Waals surface area contributed by atoms with Crippen molar-refractivity contribution in [2.45, 2.75) is 25.8 Å². The maximum Gasteiger partial charge on any atom is 0.208 e. The third-order valence-corrected chi connectivity index (χ3v) is 5.54. The Morgan fingerprint density at radius 1 is 1.16 bits per heavy atom. The summed E-state index contributed by atoms with van der Waals surface area (Å²) in [6, 6.07) is 6.83. The number of hydrogen-bond donors (Lipinski definition) is 0. The van der Waals surface area contributed by atoms with Gasteiger partial charge in [-0.2, -0.15) is 0 Å². The Morgan fingerprint density at radius 3 is 2.76 bits per heavy atom. The SMILES string of the molecule is Fc1ccccc1Cc1nnc(N2CCC(Cn3ccnn3)CC2)s1. The van der Waals surface area contributed by atoms with Gasteiger partial charge in [0.15, 0.2) is 0 Å². The molecule has 3 aromatic rings.